The molecule has 0 spiro atoms. The molecule has 0 aliphatic heterocycles. The Bertz CT molecular complexity index is 563. The summed E-state index contributed by atoms with van der Waals surface area (Å²) in [6, 6.07) is 2.51. The van der Waals surface area contributed by atoms with Crippen LogP contribution >= 0.6 is 0 Å². The Morgan fingerprint density at radius 3 is 2.24 bits per heavy atom. The third-order valence-electron chi connectivity index (χ3n) is 1.95. The Balaban J connectivity index is 3.52. The van der Waals surface area contributed by atoms with Gasteiger partial charge in [0.05, 0.1) is 4.90 Å². The van der Waals surface area contributed by atoms with E-state index >= 15 is 0 Å². The first kappa shape index (κ1) is 14.1. The zero-order chi connectivity index (χ0) is 13.4. The lowest BCUT2D eigenvalue weighted by molar-refractivity contribution is -0.0436. The van der Waals surface area contributed by atoms with E-state index in [1.165, 1.54) is 0 Å². The second-order valence-electron chi connectivity index (χ2n) is 3.11. The number of benzene rings is 1. The van der Waals surface area contributed by atoms with Crippen molar-refractivity contribution in [1.82, 2.24) is 0 Å². The first-order chi connectivity index (χ1) is 7.57. The molecule has 17 heavy (non-hydrogen) atoms. The SMILES string of the molecule is Cc1ccc(S(=O)[O-])cc1S(=O)(=O)C(F)(F)F. The highest BCUT2D eigenvalue weighted by molar-refractivity contribution is 7.92. The lowest BCUT2D eigenvalue weighted by atomic mass is 10.2. The molecule has 1 atom stereocenters. The molecule has 1 aromatic carbocycles. The third kappa shape index (κ3) is 2.67. The van der Waals surface area contributed by atoms with Crippen molar-refractivity contribution in [3.63, 3.8) is 0 Å². The normalized spacial score (nSPS) is 14.6. The molecule has 0 saturated carbocycles. The summed E-state index contributed by atoms with van der Waals surface area (Å²) in [7, 11) is -5.54. The van der Waals surface area contributed by atoms with Crippen molar-refractivity contribution < 1.29 is 30.4 Å². The third-order valence-corrected chi connectivity index (χ3v) is 4.21. The van der Waals surface area contributed by atoms with Crippen LogP contribution in [0.3, 0.4) is 0 Å². The van der Waals surface area contributed by atoms with Crippen molar-refractivity contribution in [1.29, 1.82) is 0 Å². The summed E-state index contributed by atoms with van der Waals surface area (Å²) in [6.45, 7) is 1.15. The molecule has 1 rings (SSSR count). The predicted molar refractivity (Wildman–Crippen MR) is 51.6 cm³/mol. The van der Waals surface area contributed by atoms with Crippen LogP contribution in [0, 0.1) is 6.92 Å². The Morgan fingerprint density at radius 2 is 1.82 bits per heavy atom. The molecule has 0 fully saturated rings. The largest absolute Gasteiger partial charge is 0.768 e. The van der Waals surface area contributed by atoms with Crippen molar-refractivity contribution in [3.05, 3.63) is 23.8 Å². The van der Waals surface area contributed by atoms with Gasteiger partial charge < -0.3 is 4.55 Å². The molecular formula is C8H6F3O4S2-. The van der Waals surface area contributed by atoms with Crippen LogP contribution in [0.1, 0.15) is 5.56 Å². The molecule has 0 aliphatic carbocycles. The van der Waals surface area contributed by atoms with Gasteiger partial charge in [0.1, 0.15) is 0 Å². The van der Waals surface area contributed by atoms with Gasteiger partial charge in [0.15, 0.2) is 0 Å². The van der Waals surface area contributed by atoms with Gasteiger partial charge in [-0.25, -0.2) is 8.42 Å². The fourth-order valence-corrected chi connectivity index (χ4v) is 2.59. The molecule has 0 saturated heterocycles. The van der Waals surface area contributed by atoms with E-state index < -0.39 is 36.2 Å². The summed E-state index contributed by atoms with van der Waals surface area (Å²) in [6.07, 6.45) is 0. The van der Waals surface area contributed by atoms with Gasteiger partial charge in [-0.15, -0.1) is 0 Å². The number of hydrogen-bond acceptors (Lipinski definition) is 4. The van der Waals surface area contributed by atoms with Crippen LogP contribution < -0.4 is 0 Å². The Kier molecular flexibility index (Phi) is 3.65. The zero-order valence-electron chi connectivity index (χ0n) is 8.32. The highest BCUT2D eigenvalue weighted by atomic mass is 32.2. The van der Waals surface area contributed by atoms with Crippen LogP contribution in [0.4, 0.5) is 13.2 Å². The molecule has 4 nitrogen and oxygen atoms in total. The summed E-state index contributed by atoms with van der Waals surface area (Å²) in [5.74, 6) is 0. The summed E-state index contributed by atoms with van der Waals surface area (Å²) in [5, 5.41) is 0. The minimum Gasteiger partial charge on any atom is -0.768 e. The van der Waals surface area contributed by atoms with Crippen molar-refractivity contribution in [2.45, 2.75) is 22.2 Å². The number of rotatable bonds is 2. The van der Waals surface area contributed by atoms with E-state index in [1.54, 1.807) is 0 Å². The number of alkyl halides is 3. The van der Waals surface area contributed by atoms with E-state index in [0.717, 1.165) is 19.1 Å². The first-order valence-corrected chi connectivity index (χ1v) is 6.64. The molecule has 1 unspecified atom stereocenters. The average molecular weight is 287 g/mol. The van der Waals surface area contributed by atoms with E-state index in [2.05, 4.69) is 0 Å². The molecule has 0 aliphatic rings. The molecule has 0 aromatic heterocycles. The second-order valence-corrected chi connectivity index (χ2v) is 5.96. The number of hydrogen-bond donors (Lipinski definition) is 0. The molecule has 0 radical (unpaired) electrons. The maximum absolute atomic E-state index is 12.3. The van der Waals surface area contributed by atoms with Crippen LogP contribution in [0.25, 0.3) is 0 Å². The minimum atomic E-state index is -5.54. The fourth-order valence-electron chi connectivity index (χ4n) is 1.10. The molecule has 96 valence electrons. The Hall–Kier alpha value is -0.930. The van der Waals surface area contributed by atoms with Crippen LogP contribution in [0.5, 0.6) is 0 Å². The van der Waals surface area contributed by atoms with Crippen molar-refractivity contribution >= 4 is 20.9 Å². The molecule has 1 aromatic rings. The van der Waals surface area contributed by atoms with Gasteiger partial charge in [-0.1, -0.05) is 6.07 Å². The van der Waals surface area contributed by atoms with Gasteiger partial charge in [-0.3, -0.25) is 4.21 Å². The number of sulfone groups is 1. The Morgan fingerprint density at radius 1 is 1.29 bits per heavy atom. The Labute approximate surface area is 97.7 Å². The summed E-state index contributed by atoms with van der Waals surface area (Å²) in [4.78, 5) is -1.56. The quantitative estimate of drug-likeness (QED) is 0.773. The lowest BCUT2D eigenvalue weighted by Gasteiger charge is -2.13. The smallest absolute Gasteiger partial charge is 0.501 e. The molecular weight excluding hydrogens is 281 g/mol. The van der Waals surface area contributed by atoms with E-state index in [4.69, 9.17) is 0 Å². The number of halogens is 3. The van der Waals surface area contributed by atoms with E-state index in [1.807, 2.05) is 0 Å². The average Bonchev–Trinajstić information content (AvgIpc) is 2.15. The van der Waals surface area contributed by atoms with E-state index in [9.17, 15) is 30.4 Å². The van der Waals surface area contributed by atoms with Gasteiger partial charge in [0, 0.05) is 4.90 Å². The van der Waals surface area contributed by atoms with Crippen LogP contribution in [0.15, 0.2) is 28.0 Å². The van der Waals surface area contributed by atoms with Gasteiger partial charge >= 0.3 is 5.51 Å². The van der Waals surface area contributed by atoms with Crippen molar-refractivity contribution in [3.8, 4) is 0 Å². The van der Waals surface area contributed by atoms with Crippen LogP contribution in [0.2, 0.25) is 0 Å². The number of aryl methyl sites for hydroxylation is 1. The standard InChI is InChI=1S/C8H7F3O4S2/c1-5-2-3-6(16(12)13)4-7(5)17(14,15)8(9,10)11/h2-4H,1H3,(H,12,13)/p-1. The molecule has 0 heterocycles. The summed E-state index contributed by atoms with van der Waals surface area (Å²) >= 11 is -2.79. The van der Waals surface area contributed by atoms with Gasteiger partial charge in [-0.05, 0) is 35.7 Å². The topological polar surface area (TPSA) is 74.3 Å². The maximum Gasteiger partial charge on any atom is 0.501 e. The molecule has 9 heteroatoms. The lowest BCUT2D eigenvalue weighted by Crippen LogP contribution is -2.24. The van der Waals surface area contributed by atoms with Crippen LogP contribution in [-0.4, -0.2) is 22.7 Å². The predicted octanol–water partition coefficient (Wildman–Crippen LogP) is 1.53. The fraction of sp³-hybridized carbons (Fsp3) is 0.250. The highest BCUT2D eigenvalue weighted by Gasteiger charge is 2.47. The van der Waals surface area contributed by atoms with E-state index in [0.29, 0.717) is 6.07 Å². The maximum atomic E-state index is 12.3. The summed E-state index contributed by atoms with van der Waals surface area (Å²) in [5.41, 5.74) is -5.63. The monoisotopic (exact) mass is 287 g/mol. The molecule has 0 amide bonds. The second kappa shape index (κ2) is 4.39. The first-order valence-electron chi connectivity index (χ1n) is 4.08. The van der Waals surface area contributed by atoms with Crippen LogP contribution in [-0.2, 0) is 20.9 Å². The summed E-state index contributed by atoms with van der Waals surface area (Å²) < 4.78 is 80.2. The van der Waals surface area contributed by atoms with Crippen molar-refractivity contribution in [2.24, 2.45) is 0 Å². The van der Waals surface area contributed by atoms with Gasteiger partial charge in [0.25, 0.3) is 9.84 Å². The zero-order valence-corrected chi connectivity index (χ0v) is 9.95. The molecule has 0 bridgehead atoms. The van der Waals surface area contributed by atoms with Gasteiger partial charge in [0.2, 0.25) is 0 Å². The molecule has 0 N–H and O–H groups in total. The highest BCUT2D eigenvalue weighted by Crippen LogP contribution is 2.32. The van der Waals surface area contributed by atoms with Gasteiger partial charge in [-0.2, -0.15) is 13.2 Å². The van der Waals surface area contributed by atoms with E-state index in [-0.39, 0.29) is 5.56 Å². The van der Waals surface area contributed by atoms with Crippen molar-refractivity contribution in [2.75, 3.05) is 0 Å². The minimum absolute atomic E-state index is 0.170.